The van der Waals surface area contributed by atoms with E-state index in [1.54, 1.807) is 24.3 Å². The minimum absolute atomic E-state index is 0.0283. The largest absolute Gasteiger partial charge is 0.355 e. The molecule has 0 spiro atoms. The van der Waals surface area contributed by atoms with Crippen LogP contribution < -0.4 is 5.32 Å². The molecular formula is C17H23ClN2O2. The highest BCUT2D eigenvalue weighted by Gasteiger charge is 2.18. The predicted molar refractivity (Wildman–Crippen MR) is 88.3 cm³/mol. The molecule has 2 rings (SSSR count). The molecule has 1 aromatic rings. The normalized spacial score (nSPS) is 16.5. The maximum absolute atomic E-state index is 12.0. The number of benzene rings is 1. The number of hydrogen-bond acceptors (Lipinski definition) is 3. The zero-order valence-corrected chi connectivity index (χ0v) is 13.7. The van der Waals surface area contributed by atoms with Gasteiger partial charge in [0.15, 0.2) is 5.78 Å². The van der Waals surface area contributed by atoms with Crippen LogP contribution in [0, 0.1) is 0 Å². The third kappa shape index (κ3) is 5.11. The van der Waals surface area contributed by atoms with E-state index >= 15 is 0 Å². The van der Waals surface area contributed by atoms with E-state index in [1.807, 2.05) is 0 Å². The molecule has 1 atom stereocenters. The van der Waals surface area contributed by atoms with E-state index in [2.05, 4.69) is 17.1 Å². The zero-order valence-electron chi connectivity index (χ0n) is 13.0. The number of hydrogen-bond donors (Lipinski definition) is 1. The number of carbonyl (C=O) groups is 2. The van der Waals surface area contributed by atoms with E-state index in [4.69, 9.17) is 11.6 Å². The lowest BCUT2D eigenvalue weighted by Crippen LogP contribution is -2.40. The lowest BCUT2D eigenvalue weighted by molar-refractivity contribution is -0.121. The molecule has 1 unspecified atom stereocenters. The molecule has 1 aliphatic rings. The molecule has 1 fully saturated rings. The summed E-state index contributed by atoms with van der Waals surface area (Å²) < 4.78 is 0. The average molecular weight is 323 g/mol. The van der Waals surface area contributed by atoms with Crippen LogP contribution in [0.25, 0.3) is 0 Å². The van der Waals surface area contributed by atoms with Gasteiger partial charge in [-0.1, -0.05) is 11.6 Å². The SMILES string of the molecule is CC(CNC(=O)CCC(=O)c1ccc(Cl)cc1)N1CCCC1. The Morgan fingerprint density at radius 2 is 1.82 bits per heavy atom. The molecule has 1 N–H and O–H groups in total. The van der Waals surface area contributed by atoms with E-state index in [9.17, 15) is 9.59 Å². The van der Waals surface area contributed by atoms with Crippen LogP contribution in [0.1, 0.15) is 43.0 Å². The Bertz CT molecular complexity index is 510. The second-order valence-electron chi connectivity index (χ2n) is 5.83. The highest BCUT2D eigenvalue weighted by Crippen LogP contribution is 2.12. The molecule has 0 saturated carbocycles. The predicted octanol–water partition coefficient (Wildman–Crippen LogP) is 2.90. The van der Waals surface area contributed by atoms with Gasteiger partial charge in [0.25, 0.3) is 0 Å². The summed E-state index contributed by atoms with van der Waals surface area (Å²) in [6.07, 6.45) is 2.95. The van der Waals surface area contributed by atoms with Crippen LogP contribution in [0.15, 0.2) is 24.3 Å². The van der Waals surface area contributed by atoms with Crippen molar-refractivity contribution in [1.29, 1.82) is 0 Å². The number of Topliss-reactive ketones (excluding diaryl/α,β-unsaturated/α-hetero) is 1. The van der Waals surface area contributed by atoms with Crippen molar-refractivity contribution in [3.8, 4) is 0 Å². The quantitative estimate of drug-likeness (QED) is 0.785. The fourth-order valence-corrected chi connectivity index (χ4v) is 2.79. The number of likely N-dealkylation sites (tertiary alicyclic amines) is 1. The summed E-state index contributed by atoms with van der Waals surface area (Å²) in [5, 5.41) is 3.52. The van der Waals surface area contributed by atoms with E-state index in [0.717, 1.165) is 13.1 Å². The molecule has 0 radical (unpaired) electrons. The Morgan fingerprint density at radius 1 is 1.18 bits per heavy atom. The highest BCUT2D eigenvalue weighted by atomic mass is 35.5. The first-order valence-corrected chi connectivity index (χ1v) is 8.23. The molecule has 5 heteroatoms. The molecule has 0 aromatic heterocycles. The van der Waals surface area contributed by atoms with Gasteiger partial charge < -0.3 is 5.32 Å². The third-order valence-corrected chi connectivity index (χ3v) is 4.36. The van der Waals surface area contributed by atoms with Crippen LogP contribution in [0.2, 0.25) is 5.02 Å². The summed E-state index contributed by atoms with van der Waals surface area (Å²) in [6, 6.07) is 7.12. The molecule has 1 aliphatic heterocycles. The van der Waals surface area contributed by atoms with Crippen LogP contribution in [0.3, 0.4) is 0 Å². The second kappa shape index (κ2) is 8.30. The van der Waals surface area contributed by atoms with Crippen molar-refractivity contribution in [3.63, 3.8) is 0 Å². The van der Waals surface area contributed by atoms with Crippen molar-refractivity contribution >= 4 is 23.3 Å². The summed E-state index contributed by atoms with van der Waals surface area (Å²) in [4.78, 5) is 26.2. The molecular weight excluding hydrogens is 300 g/mol. The minimum atomic E-state index is -0.0617. The van der Waals surface area contributed by atoms with E-state index in [-0.39, 0.29) is 24.5 Å². The first-order chi connectivity index (χ1) is 10.6. The lowest BCUT2D eigenvalue weighted by atomic mass is 10.1. The van der Waals surface area contributed by atoms with Crippen molar-refractivity contribution < 1.29 is 9.59 Å². The summed E-state index contributed by atoms with van der Waals surface area (Å²) >= 11 is 5.79. The molecule has 0 bridgehead atoms. The van der Waals surface area contributed by atoms with Gasteiger partial charge in [-0.15, -0.1) is 0 Å². The van der Waals surface area contributed by atoms with Gasteiger partial charge in [-0.2, -0.15) is 0 Å². The van der Waals surface area contributed by atoms with Gasteiger partial charge in [0.05, 0.1) is 0 Å². The molecule has 1 heterocycles. The number of nitrogens with one attached hydrogen (secondary N) is 1. The monoisotopic (exact) mass is 322 g/mol. The summed E-state index contributed by atoms with van der Waals surface area (Å²) in [6.45, 7) is 5.01. The number of amides is 1. The van der Waals surface area contributed by atoms with Crippen LogP contribution in [0.4, 0.5) is 0 Å². The second-order valence-corrected chi connectivity index (χ2v) is 6.26. The Kier molecular flexibility index (Phi) is 6.40. The molecule has 22 heavy (non-hydrogen) atoms. The molecule has 120 valence electrons. The smallest absolute Gasteiger partial charge is 0.220 e. The van der Waals surface area contributed by atoms with Gasteiger partial charge in [0.1, 0.15) is 0 Å². The maximum Gasteiger partial charge on any atom is 0.220 e. The summed E-state index contributed by atoms with van der Waals surface area (Å²) in [5.74, 6) is -0.0900. The van der Waals surface area contributed by atoms with Crippen LogP contribution in [-0.2, 0) is 4.79 Å². The first kappa shape index (κ1) is 17.0. The summed E-state index contributed by atoms with van der Waals surface area (Å²) in [5.41, 5.74) is 0.600. The van der Waals surface area contributed by atoms with Gasteiger partial charge in [0.2, 0.25) is 5.91 Å². The Labute approximate surface area is 136 Å². The average Bonchev–Trinajstić information content (AvgIpc) is 3.05. The van der Waals surface area contributed by atoms with Crippen molar-refractivity contribution in [3.05, 3.63) is 34.9 Å². The van der Waals surface area contributed by atoms with E-state index < -0.39 is 0 Å². The third-order valence-electron chi connectivity index (χ3n) is 4.10. The first-order valence-electron chi connectivity index (χ1n) is 7.86. The van der Waals surface area contributed by atoms with Crippen molar-refractivity contribution in [2.45, 2.75) is 38.6 Å². The van der Waals surface area contributed by atoms with E-state index in [1.165, 1.54) is 12.8 Å². The van der Waals surface area contributed by atoms with Gasteiger partial charge in [-0.3, -0.25) is 14.5 Å². The Morgan fingerprint density at radius 3 is 2.45 bits per heavy atom. The standard InChI is InChI=1S/C17H23ClN2O2/c1-13(20-10-2-3-11-20)12-19-17(22)9-8-16(21)14-4-6-15(18)7-5-14/h4-7,13H,2-3,8-12H2,1H3,(H,19,22). The maximum atomic E-state index is 12.0. The van der Waals surface area contributed by atoms with Crippen LogP contribution in [-0.4, -0.2) is 42.3 Å². The van der Waals surface area contributed by atoms with Crippen LogP contribution in [0.5, 0.6) is 0 Å². The molecule has 1 amide bonds. The molecule has 1 saturated heterocycles. The van der Waals surface area contributed by atoms with Gasteiger partial charge >= 0.3 is 0 Å². The zero-order chi connectivity index (χ0) is 15.9. The van der Waals surface area contributed by atoms with E-state index in [0.29, 0.717) is 23.2 Å². The molecule has 1 aromatic carbocycles. The van der Waals surface area contributed by atoms with Gasteiger partial charge in [-0.25, -0.2) is 0 Å². The number of ketones is 1. The van der Waals surface area contributed by atoms with Crippen molar-refractivity contribution in [1.82, 2.24) is 10.2 Å². The van der Waals surface area contributed by atoms with Crippen molar-refractivity contribution in [2.24, 2.45) is 0 Å². The van der Waals surface area contributed by atoms with Gasteiger partial charge in [-0.05, 0) is 57.1 Å². The van der Waals surface area contributed by atoms with Gasteiger partial charge in [0, 0.05) is 36.0 Å². The minimum Gasteiger partial charge on any atom is -0.355 e. The fraction of sp³-hybridized carbons (Fsp3) is 0.529. The Balaban J connectivity index is 1.68. The number of carbonyl (C=O) groups excluding carboxylic acids is 2. The molecule has 4 nitrogen and oxygen atoms in total. The Hall–Kier alpha value is -1.39. The lowest BCUT2D eigenvalue weighted by Gasteiger charge is -2.23. The number of nitrogens with zero attached hydrogens (tertiary/aromatic N) is 1. The topological polar surface area (TPSA) is 49.4 Å². The van der Waals surface area contributed by atoms with Crippen molar-refractivity contribution in [2.75, 3.05) is 19.6 Å². The highest BCUT2D eigenvalue weighted by molar-refractivity contribution is 6.30. The number of halogens is 1. The summed E-state index contributed by atoms with van der Waals surface area (Å²) in [7, 11) is 0. The molecule has 0 aliphatic carbocycles. The number of rotatable bonds is 7. The van der Waals surface area contributed by atoms with Crippen LogP contribution >= 0.6 is 11.6 Å². The fourth-order valence-electron chi connectivity index (χ4n) is 2.67.